The Balaban J connectivity index is 0.000000420. The maximum Gasteiger partial charge on any atom is 0.338 e. The minimum Gasteiger partial charge on any atom is -0.462 e. The zero-order valence-electron chi connectivity index (χ0n) is 22.9. The molecule has 0 aromatic heterocycles. The number of allylic oxidation sites excluding steroid dienone is 2. The summed E-state index contributed by atoms with van der Waals surface area (Å²) in [5, 5.41) is 0. The van der Waals surface area contributed by atoms with Crippen molar-refractivity contribution in [3.05, 3.63) is 84.5 Å². The molecule has 0 aliphatic heterocycles. The van der Waals surface area contributed by atoms with Gasteiger partial charge < -0.3 is 28.4 Å². The van der Waals surface area contributed by atoms with Gasteiger partial charge in [-0.05, 0) is 31.5 Å². The van der Waals surface area contributed by atoms with Gasteiger partial charge in [0.1, 0.15) is 26.4 Å². The lowest BCUT2D eigenvalue weighted by Crippen LogP contribution is -2.22. The van der Waals surface area contributed by atoms with Crippen LogP contribution in [-0.4, -0.2) is 75.7 Å². The van der Waals surface area contributed by atoms with E-state index in [1.165, 1.54) is 24.3 Å². The topological polar surface area (TPSA) is 158 Å². The lowest BCUT2D eigenvalue weighted by Gasteiger charge is -2.16. The average molecular weight is 591 g/mol. The van der Waals surface area contributed by atoms with E-state index in [-0.39, 0.29) is 56.2 Å². The molecule has 1 unspecified atom stereocenters. The molecule has 0 heterocycles. The lowest BCUT2D eigenvalue weighted by molar-refractivity contribution is -0.152. The number of benzene rings is 1. The van der Waals surface area contributed by atoms with Crippen LogP contribution in [0, 0.1) is 5.92 Å². The highest BCUT2D eigenvalue weighted by Gasteiger charge is 2.24. The molecule has 0 N–H and O–H groups in total. The summed E-state index contributed by atoms with van der Waals surface area (Å²) >= 11 is 0. The van der Waals surface area contributed by atoms with Gasteiger partial charge in [-0.25, -0.2) is 28.4 Å². The molecular formula is C29H31FO12. The van der Waals surface area contributed by atoms with Crippen molar-refractivity contribution in [3.63, 3.8) is 0 Å². The first-order chi connectivity index (χ1) is 20.2. The van der Waals surface area contributed by atoms with E-state index in [4.69, 9.17) is 14.2 Å². The van der Waals surface area contributed by atoms with Crippen molar-refractivity contribution in [2.75, 3.05) is 39.9 Å². The fraction of sp³-hybridized carbons (Fsp3) is 0.310. The monoisotopic (exact) mass is 590 g/mol. The first-order valence-electron chi connectivity index (χ1n) is 12.5. The summed E-state index contributed by atoms with van der Waals surface area (Å²) in [5.41, 5.74) is 0.676. The molecule has 0 spiro atoms. The van der Waals surface area contributed by atoms with Crippen LogP contribution in [0.15, 0.2) is 73.4 Å². The first-order valence-corrected chi connectivity index (χ1v) is 12.5. The summed E-state index contributed by atoms with van der Waals surface area (Å²) < 4.78 is 40.1. The Bertz CT molecular complexity index is 1200. The highest BCUT2D eigenvalue weighted by molar-refractivity contribution is 5.95. The first kappa shape index (κ1) is 35.0. The predicted molar refractivity (Wildman–Crippen MR) is 143 cm³/mol. The van der Waals surface area contributed by atoms with Crippen LogP contribution in [0.5, 0.6) is 0 Å². The van der Waals surface area contributed by atoms with E-state index in [2.05, 4.69) is 27.4 Å². The summed E-state index contributed by atoms with van der Waals surface area (Å²) in [5.74, 6) is -4.35. The summed E-state index contributed by atoms with van der Waals surface area (Å²) in [4.78, 5) is 67.9. The number of carbonyl (C=O) groups is 6. The minimum absolute atomic E-state index is 0.0613. The van der Waals surface area contributed by atoms with Gasteiger partial charge in [-0.15, -0.1) is 0 Å². The smallest absolute Gasteiger partial charge is 0.338 e. The molecule has 0 saturated heterocycles. The van der Waals surface area contributed by atoms with E-state index < -0.39 is 48.6 Å². The molecular weight excluding hydrogens is 559 g/mol. The summed E-state index contributed by atoms with van der Waals surface area (Å²) in [7, 11) is 0. The zero-order chi connectivity index (χ0) is 31.3. The number of alkyl halides is 1. The van der Waals surface area contributed by atoms with Crippen molar-refractivity contribution in [1.82, 2.24) is 0 Å². The molecule has 0 fully saturated rings. The third-order valence-corrected chi connectivity index (χ3v) is 4.91. The van der Waals surface area contributed by atoms with Crippen LogP contribution in [0.3, 0.4) is 0 Å². The molecule has 1 aliphatic rings. The molecule has 0 amide bonds. The third kappa shape index (κ3) is 13.3. The summed E-state index contributed by atoms with van der Waals surface area (Å²) in [6, 6.07) is 6.00. The molecule has 0 bridgehead atoms. The highest BCUT2D eigenvalue weighted by atomic mass is 19.1. The van der Waals surface area contributed by atoms with Crippen LogP contribution in [-0.2, 0) is 47.6 Å². The van der Waals surface area contributed by atoms with E-state index in [0.717, 1.165) is 12.2 Å². The predicted octanol–water partition coefficient (Wildman–Crippen LogP) is 2.98. The fourth-order valence-electron chi connectivity index (χ4n) is 2.99. The maximum atomic E-state index is 11.9. The van der Waals surface area contributed by atoms with Gasteiger partial charge in [0.2, 0.25) is 6.86 Å². The minimum atomic E-state index is -1.22. The second-order valence-electron chi connectivity index (χ2n) is 7.78. The number of esters is 6. The van der Waals surface area contributed by atoms with Crippen LogP contribution >= 0.6 is 0 Å². The van der Waals surface area contributed by atoms with E-state index >= 15 is 0 Å². The number of hydrogen-bond acceptors (Lipinski definition) is 12. The fourth-order valence-corrected chi connectivity index (χ4v) is 2.99. The van der Waals surface area contributed by atoms with Crippen molar-refractivity contribution in [1.29, 1.82) is 0 Å². The SMILES string of the molecule is C=CC(=O)OCCOC(=O)C1C=CC=C(C(=O)OCF)C1.C=CC(=O)OCCOC(=O)c1cccc(C(=O)OCC)c1. The van der Waals surface area contributed by atoms with Crippen molar-refractivity contribution in [2.24, 2.45) is 5.92 Å². The summed E-state index contributed by atoms with van der Waals surface area (Å²) in [6.07, 6.45) is 6.60. The van der Waals surface area contributed by atoms with Crippen LogP contribution in [0.2, 0.25) is 0 Å². The van der Waals surface area contributed by atoms with Gasteiger partial charge in [-0.2, -0.15) is 0 Å². The Morgan fingerprint density at radius 1 is 0.810 bits per heavy atom. The molecule has 1 aromatic rings. The maximum absolute atomic E-state index is 11.9. The van der Waals surface area contributed by atoms with Crippen molar-refractivity contribution in [2.45, 2.75) is 13.3 Å². The Morgan fingerprint density at radius 2 is 1.36 bits per heavy atom. The van der Waals surface area contributed by atoms with Crippen molar-refractivity contribution in [3.8, 4) is 0 Å². The quantitative estimate of drug-likeness (QED) is 0.135. The number of carbonyl (C=O) groups excluding carboxylic acids is 6. The normalized spacial score (nSPS) is 13.1. The van der Waals surface area contributed by atoms with Crippen LogP contribution < -0.4 is 0 Å². The number of rotatable bonds is 14. The Hall–Kier alpha value is -5.07. The van der Waals surface area contributed by atoms with E-state index in [0.29, 0.717) is 0 Å². The second kappa shape index (κ2) is 19.9. The Labute approximate surface area is 241 Å². The van der Waals surface area contributed by atoms with Gasteiger partial charge in [0.05, 0.1) is 23.7 Å². The molecule has 0 radical (unpaired) electrons. The molecule has 1 atom stereocenters. The molecule has 1 aromatic carbocycles. The average Bonchev–Trinajstić information content (AvgIpc) is 3.01. The van der Waals surface area contributed by atoms with Crippen LogP contribution in [0.1, 0.15) is 34.1 Å². The Kier molecular flexibility index (Phi) is 16.6. The number of halogens is 1. The number of ether oxygens (including phenoxy) is 6. The second-order valence-corrected chi connectivity index (χ2v) is 7.78. The molecule has 226 valence electrons. The molecule has 12 nitrogen and oxygen atoms in total. The van der Waals surface area contributed by atoms with E-state index in [1.807, 2.05) is 0 Å². The molecule has 42 heavy (non-hydrogen) atoms. The van der Waals surface area contributed by atoms with E-state index in [1.54, 1.807) is 25.1 Å². The van der Waals surface area contributed by atoms with Gasteiger partial charge in [-0.3, -0.25) is 4.79 Å². The van der Waals surface area contributed by atoms with Gasteiger partial charge in [0, 0.05) is 17.7 Å². The zero-order valence-corrected chi connectivity index (χ0v) is 22.9. The molecule has 1 aliphatic carbocycles. The highest BCUT2D eigenvalue weighted by Crippen LogP contribution is 2.21. The van der Waals surface area contributed by atoms with Gasteiger partial charge in [0.25, 0.3) is 0 Å². The number of hydrogen-bond donors (Lipinski definition) is 0. The van der Waals surface area contributed by atoms with Crippen LogP contribution in [0.4, 0.5) is 4.39 Å². The molecule has 13 heteroatoms. The van der Waals surface area contributed by atoms with Crippen molar-refractivity contribution >= 4 is 35.8 Å². The van der Waals surface area contributed by atoms with Crippen LogP contribution in [0.25, 0.3) is 0 Å². The van der Waals surface area contributed by atoms with Gasteiger partial charge in [-0.1, -0.05) is 37.5 Å². The van der Waals surface area contributed by atoms with Gasteiger partial charge >= 0.3 is 35.8 Å². The summed E-state index contributed by atoms with van der Waals surface area (Å²) in [6.45, 7) is 6.86. The lowest BCUT2D eigenvalue weighted by atomic mass is 9.94. The Morgan fingerprint density at radius 3 is 1.90 bits per heavy atom. The van der Waals surface area contributed by atoms with E-state index in [9.17, 15) is 33.2 Å². The van der Waals surface area contributed by atoms with Crippen molar-refractivity contribution < 1.29 is 61.6 Å². The third-order valence-electron chi connectivity index (χ3n) is 4.91. The molecule has 0 saturated carbocycles. The largest absolute Gasteiger partial charge is 0.462 e. The molecule has 2 rings (SSSR count). The standard InChI is InChI=1S/C15H16O6.C14H15FO6/c1-3-13(16)20-8-9-21-15(18)12-7-5-6-11(10-12)14(17)19-4-2;1-2-12(16)19-6-7-20-13(17)10-4-3-5-11(8-10)14(18)21-9-15/h3,5-7,10H,1,4,8-9H2,2H3;2-5,10H,1,6-9H2. The van der Waals surface area contributed by atoms with Gasteiger partial charge in [0.15, 0.2) is 0 Å².